The van der Waals surface area contributed by atoms with Gasteiger partial charge in [-0.05, 0) is 20.8 Å². The molecule has 0 aliphatic rings. The minimum Gasteiger partial charge on any atom is -0.550 e. The Morgan fingerprint density at radius 3 is 0.692 bits per heavy atom. The van der Waals surface area contributed by atoms with Crippen molar-refractivity contribution in [1.29, 1.82) is 0 Å². The SMILES string of the molecule is CC(=O)[O-].CC(=O)[O-].CC(=O)[O-].[Yb+3]. The fraction of sp³-hybridized carbons (Fsp3) is 0.500. The molecule has 0 spiro atoms. The maximum Gasteiger partial charge on any atom is 3.00 e. The maximum absolute atomic E-state index is 8.89. The van der Waals surface area contributed by atoms with E-state index in [4.69, 9.17) is 29.7 Å². The summed E-state index contributed by atoms with van der Waals surface area (Å²) in [5.41, 5.74) is 0. The summed E-state index contributed by atoms with van der Waals surface area (Å²) in [5.74, 6) is -3.25. The Hall–Kier alpha value is -0.0705. The van der Waals surface area contributed by atoms with Crippen LogP contribution < -0.4 is 15.3 Å². The zero-order valence-electron chi connectivity index (χ0n) is 7.22. The van der Waals surface area contributed by atoms with E-state index in [-0.39, 0.29) is 46.9 Å². The number of carbonyl (C=O) groups excluding carboxylic acids is 3. The number of aliphatic carboxylic acids is 3. The van der Waals surface area contributed by atoms with Gasteiger partial charge in [-0.15, -0.1) is 0 Å². The molecule has 13 heavy (non-hydrogen) atoms. The molecule has 0 saturated carbocycles. The summed E-state index contributed by atoms with van der Waals surface area (Å²) in [6, 6.07) is 0. The van der Waals surface area contributed by atoms with Crippen LogP contribution >= 0.6 is 0 Å². The van der Waals surface area contributed by atoms with Crippen LogP contribution in [0, 0.1) is 46.9 Å². The zero-order chi connectivity index (χ0) is 10.7. The normalized spacial score (nSPS) is 5.77. The average Bonchev–Trinajstić information content (AvgIpc) is 1.54. The van der Waals surface area contributed by atoms with Crippen molar-refractivity contribution in [3.63, 3.8) is 0 Å². The van der Waals surface area contributed by atoms with Crippen molar-refractivity contribution in [1.82, 2.24) is 0 Å². The molecule has 0 fully saturated rings. The van der Waals surface area contributed by atoms with Crippen LogP contribution in [0.2, 0.25) is 0 Å². The van der Waals surface area contributed by atoms with Gasteiger partial charge in [0.25, 0.3) is 0 Å². The molecule has 83 valence electrons. The summed E-state index contributed by atoms with van der Waals surface area (Å²) in [7, 11) is 0. The molecule has 0 saturated heterocycles. The maximum atomic E-state index is 8.89. The predicted octanol–water partition coefficient (Wildman–Crippen LogP) is -3.73. The predicted molar refractivity (Wildman–Crippen MR) is 32.0 cm³/mol. The molecule has 0 amide bonds. The van der Waals surface area contributed by atoms with Gasteiger partial charge in [-0.25, -0.2) is 0 Å². The van der Waals surface area contributed by atoms with Gasteiger partial charge in [-0.2, -0.15) is 0 Å². The first-order valence-corrected chi connectivity index (χ1v) is 2.72. The first-order chi connectivity index (χ1) is 5.20. The molecule has 7 heteroatoms. The Labute approximate surface area is 114 Å². The monoisotopic (exact) mass is 351 g/mol. The third-order valence-electron chi connectivity index (χ3n) is 0. The van der Waals surface area contributed by atoms with Crippen LogP contribution in [0.25, 0.3) is 0 Å². The van der Waals surface area contributed by atoms with Gasteiger partial charge in [0.15, 0.2) is 0 Å². The Balaban J connectivity index is -0.0000000450. The van der Waals surface area contributed by atoms with E-state index in [0.717, 1.165) is 20.8 Å². The largest absolute Gasteiger partial charge is 3.00 e. The summed E-state index contributed by atoms with van der Waals surface area (Å²) in [5, 5.41) is 26.7. The summed E-state index contributed by atoms with van der Waals surface area (Å²) < 4.78 is 0. The molecule has 0 N–H and O–H groups in total. The second-order valence-electron chi connectivity index (χ2n) is 1.47. The van der Waals surface area contributed by atoms with Gasteiger partial charge in [0.1, 0.15) is 0 Å². The number of carboxylic acid groups (broad SMARTS) is 3. The van der Waals surface area contributed by atoms with Crippen LogP contribution in [0.5, 0.6) is 0 Å². The Kier molecular flexibility index (Phi) is 31.7. The molecule has 0 rings (SSSR count). The van der Waals surface area contributed by atoms with Crippen LogP contribution in [0.1, 0.15) is 20.8 Å². The first-order valence-electron chi connectivity index (χ1n) is 2.72. The number of carbonyl (C=O) groups is 3. The van der Waals surface area contributed by atoms with E-state index in [9.17, 15) is 0 Å². The minimum atomic E-state index is -1.08. The van der Waals surface area contributed by atoms with Gasteiger partial charge in [0.2, 0.25) is 0 Å². The van der Waals surface area contributed by atoms with Gasteiger partial charge >= 0.3 is 46.9 Å². The zero-order valence-corrected chi connectivity index (χ0v) is 8.93. The van der Waals surface area contributed by atoms with Crippen molar-refractivity contribution in [2.45, 2.75) is 20.8 Å². The molecule has 0 aromatic rings. The Morgan fingerprint density at radius 2 is 0.692 bits per heavy atom. The summed E-state index contributed by atoms with van der Waals surface area (Å²) in [4.78, 5) is 26.7. The topological polar surface area (TPSA) is 120 Å². The van der Waals surface area contributed by atoms with E-state index >= 15 is 0 Å². The molecular weight excluding hydrogens is 341 g/mol. The molecule has 0 heterocycles. The van der Waals surface area contributed by atoms with E-state index in [0.29, 0.717) is 0 Å². The second-order valence-corrected chi connectivity index (χ2v) is 1.47. The molecule has 1 radical (unpaired) electrons. The molecule has 0 aliphatic carbocycles. The molecule has 0 unspecified atom stereocenters. The Bertz CT molecular complexity index is 115. The van der Waals surface area contributed by atoms with Crippen molar-refractivity contribution in [2.24, 2.45) is 0 Å². The third-order valence-corrected chi connectivity index (χ3v) is 0. The Morgan fingerprint density at radius 1 is 0.692 bits per heavy atom. The first kappa shape index (κ1) is 23.1. The molecule has 0 atom stereocenters. The number of rotatable bonds is 0. The number of hydrogen-bond acceptors (Lipinski definition) is 6. The van der Waals surface area contributed by atoms with Crippen molar-refractivity contribution >= 4 is 17.9 Å². The van der Waals surface area contributed by atoms with Crippen molar-refractivity contribution in [3.8, 4) is 0 Å². The van der Waals surface area contributed by atoms with Gasteiger partial charge in [0, 0.05) is 17.9 Å². The standard InChI is InChI=1S/3C2H4O2.Yb/c3*1-2(3)4;/h3*1H3,(H,3,4);/q;;;+3/p-3. The van der Waals surface area contributed by atoms with E-state index in [1.807, 2.05) is 0 Å². The van der Waals surface area contributed by atoms with Crippen molar-refractivity contribution in [3.05, 3.63) is 0 Å². The second kappa shape index (κ2) is 17.9. The quantitative estimate of drug-likeness (QED) is 0.443. The van der Waals surface area contributed by atoms with Crippen molar-refractivity contribution < 1.29 is 76.6 Å². The molecule has 0 aromatic heterocycles. The van der Waals surface area contributed by atoms with Gasteiger partial charge in [-0.3, -0.25) is 0 Å². The molecule has 0 bridgehead atoms. The van der Waals surface area contributed by atoms with Crippen LogP contribution in [-0.2, 0) is 14.4 Å². The van der Waals surface area contributed by atoms with Crippen LogP contribution in [0.15, 0.2) is 0 Å². The minimum absolute atomic E-state index is 0. The van der Waals surface area contributed by atoms with Crippen LogP contribution in [0.3, 0.4) is 0 Å². The van der Waals surface area contributed by atoms with Gasteiger partial charge < -0.3 is 29.7 Å². The fourth-order valence-corrected chi connectivity index (χ4v) is 0. The van der Waals surface area contributed by atoms with Crippen molar-refractivity contribution in [2.75, 3.05) is 0 Å². The molecule has 0 aromatic carbocycles. The third kappa shape index (κ3) is 237000. The summed E-state index contributed by atoms with van der Waals surface area (Å²) >= 11 is 0. The van der Waals surface area contributed by atoms with Crippen LogP contribution in [-0.4, -0.2) is 17.9 Å². The summed E-state index contributed by atoms with van der Waals surface area (Å²) in [6.45, 7) is 2.92. The smallest absolute Gasteiger partial charge is 0.550 e. The van der Waals surface area contributed by atoms with Gasteiger partial charge in [0.05, 0.1) is 0 Å². The van der Waals surface area contributed by atoms with E-state index < -0.39 is 17.9 Å². The number of carboxylic acids is 3. The van der Waals surface area contributed by atoms with E-state index in [2.05, 4.69) is 0 Å². The van der Waals surface area contributed by atoms with Crippen LogP contribution in [0.4, 0.5) is 0 Å². The van der Waals surface area contributed by atoms with Gasteiger partial charge in [-0.1, -0.05) is 0 Å². The average molecular weight is 350 g/mol. The molecule has 0 aliphatic heterocycles. The summed E-state index contributed by atoms with van der Waals surface area (Å²) in [6.07, 6.45) is 0. The molecular formula is C6H9O6Yb. The molecule has 6 nitrogen and oxygen atoms in total. The number of hydrogen-bond donors (Lipinski definition) is 0. The van der Waals surface area contributed by atoms with E-state index in [1.54, 1.807) is 0 Å². The fourth-order valence-electron chi connectivity index (χ4n) is 0. The van der Waals surface area contributed by atoms with E-state index in [1.165, 1.54) is 0 Å².